The summed E-state index contributed by atoms with van der Waals surface area (Å²) in [7, 11) is 0. The Hall–Kier alpha value is -4.23. The van der Waals surface area contributed by atoms with Crippen LogP contribution >= 0.6 is 11.3 Å². The average Bonchev–Trinajstić information content (AvgIpc) is 3.52. The third-order valence-electron chi connectivity index (χ3n) is 6.53. The first-order chi connectivity index (χ1) is 17.5. The molecule has 1 aliphatic heterocycles. The maximum Gasteiger partial charge on any atom is 0.297 e. The molecule has 36 heavy (non-hydrogen) atoms. The second-order valence-electron chi connectivity index (χ2n) is 8.85. The summed E-state index contributed by atoms with van der Waals surface area (Å²) in [5.74, 6) is 0.331. The lowest BCUT2D eigenvalue weighted by atomic mass is 9.97. The molecule has 0 fully saturated rings. The number of benzene rings is 3. The van der Waals surface area contributed by atoms with Crippen molar-refractivity contribution >= 4 is 33.3 Å². The van der Waals surface area contributed by atoms with Crippen LogP contribution in [0.25, 0.3) is 11.0 Å². The largest absolute Gasteiger partial charge is 0.489 e. The van der Waals surface area contributed by atoms with Gasteiger partial charge in [0.2, 0.25) is 5.76 Å². The first-order valence-electron chi connectivity index (χ1n) is 11.6. The fourth-order valence-electron chi connectivity index (χ4n) is 4.59. The van der Waals surface area contributed by atoms with E-state index < -0.39 is 6.04 Å². The molecule has 1 amide bonds. The molecule has 2 aromatic heterocycles. The van der Waals surface area contributed by atoms with E-state index in [0.717, 1.165) is 22.3 Å². The molecule has 0 aliphatic carbocycles. The number of aromatic nitrogens is 1. The predicted octanol–water partition coefficient (Wildman–Crippen LogP) is 6.20. The van der Waals surface area contributed by atoms with Crippen LogP contribution < -0.4 is 15.1 Å². The van der Waals surface area contributed by atoms with E-state index in [2.05, 4.69) is 4.98 Å². The smallest absolute Gasteiger partial charge is 0.297 e. The van der Waals surface area contributed by atoms with E-state index in [-0.39, 0.29) is 17.1 Å². The van der Waals surface area contributed by atoms with E-state index in [1.54, 1.807) is 16.5 Å². The number of anilines is 1. The summed E-state index contributed by atoms with van der Waals surface area (Å²) < 4.78 is 12.1. The van der Waals surface area contributed by atoms with Crippen molar-refractivity contribution in [2.45, 2.75) is 26.5 Å². The van der Waals surface area contributed by atoms with Gasteiger partial charge in [0.1, 0.15) is 17.9 Å². The summed E-state index contributed by atoms with van der Waals surface area (Å²) >= 11 is 1.34. The van der Waals surface area contributed by atoms with Crippen molar-refractivity contribution in [1.82, 2.24) is 4.98 Å². The molecule has 0 saturated carbocycles. The molecule has 0 spiro atoms. The second-order valence-corrected chi connectivity index (χ2v) is 9.72. The van der Waals surface area contributed by atoms with Crippen molar-refractivity contribution in [3.8, 4) is 5.75 Å². The highest BCUT2D eigenvalue weighted by Crippen LogP contribution is 2.42. The van der Waals surface area contributed by atoms with Gasteiger partial charge in [-0.1, -0.05) is 42.5 Å². The molecule has 0 bridgehead atoms. The highest BCUT2D eigenvalue weighted by molar-refractivity contribution is 7.13. The van der Waals surface area contributed by atoms with E-state index in [1.807, 2.05) is 80.6 Å². The Morgan fingerprint density at radius 1 is 1.00 bits per heavy atom. The second kappa shape index (κ2) is 8.77. The van der Waals surface area contributed by atoms with Crippen molar-refractivity contribution in [2.75, 3.05) is 4.90 Å². The topological polar surface area (TPSA) is 72.6 Å². The SMILES string of the molecule is Cc1cc2oc3c(c(=O)c2cc1C)C(c1cccc(OCc2ccccc2)c1)N(c1nccs1)C3=O. The summed E-state index contributed by atoms with van der Waals surface area (Å²) in [6.07, 6.45) is 1.64. The Labute approximate surface area is 211 Å². The number of aryl methyl sites for hydroxylation is 2. The fourth-order valence-corrected chi connectivity index (χ4v) is 5.26. The van der Waals surface area contributed by atoms with Gasteiger partial charge in [-0.3, -0.25) is 14.5 Å². The van der Waals surface area contributed by atoms with Crippen LogP contribution in [0.2, 0.25) is 0 Å². The van der Waals surface area contributed by atoms with Gasteiger partial charge in [-0.05, 0) is 60.4 Å². The summed E-state index contributed by atoms with van der Waals surface area (Å²) in [5.41, 5.74) is 4.31. The van der Waals surface area contributed by atoms with Crippen LogP contribution in [0.1, 0.15) is 44.4 Å². The van der Waals surface area contributed by atoms with Gasteiger partial charge < -0.3 is 9.15 Å². The maximum atomic E-state index is 13.8. The van der Waals surface area contributed by atoms with Gasteiger partial charge in [0.25, 0.3) is 5.91 Å². The van der Waals surface area contributed by atoms with Crippen LogP contribution in [0.15, 0.2) is 87.5 Å². The first-order valence-corrected chi connectivity index (χ1v) is 12.5. The average molecular weight is 495 g/mol. The molecule has 3 heterocycles. The van der Waals surface area contributed by atoms with Gasteiger partial charge in [0.05, 0.1) is 17.0 Å². The van der Waals surface area contributed by atoms with Gasteiger partial charge in [-0.25, -0.2) is 4.98 Å². The number of amides is 1. The van der Waals surface area contributed by atoms with E-state index in [4.69, 9.17) is 9.15 Å². The zero-order valence-corrected chi connectivity index (χ0v) is 20.5. The minimum atomic E-state index is -0.679. The zero-order valence-electron chi connectivity index (χ0n) is 19.7. The van der Waals surface area contributed by atoms with E-state index in [9.17, 15) is 9.59 Å². The Bertz CT molecular complexity index is 1660. The van der Waals surface area contributed by atoms with Crippen LogP contribution in [0, 0.1) is 13.8 Å². The molecule has 0 N–H and O–H groups in total. The highest BCUT2D eigenvalue weighted by atomic mass is 32.1. The number of fused-ring (bicyclic) bond motifs is 2. The molecule has 1 aliphatic rings. The van der Waals surface area contributed by atoms with Crippen molar-refractivity contribution in [3.63, 3.8) is 0 Å². The minimum absolute atomic E-state index is 0.0616. The van der Waals surface area contributed by atoms with E-state index in [1.165, 1.54) is 11.3 Å². The number of nitrogens with zero attached hydrogens (tertiary/aromatic N) is 2. The lowest BCUT2D eigenvalue weighted by molar-refractivity contribution is 0.0971. The number of thiazole rings is 1. The van der Waals surface area contributed by atoms with Gasteiger partial charge in [-0.2, -0.15) is 0 Å². The van der Waals surface area contributed by atoms with Gasteiger partial charge >= 0.3 is 0 Å². The van der Waals surface area contributed by atoms with Crippen LogP contribution in [-0.4, -0.2) is 10.9 Å². The van der Waals surface area contributed by atoms with Crippen LogP contribution in [0.4, 0.5) is 5.13 Å². The van der Waals surface area contributed by atoms with Gasteiger partial charge in [0, 0.05) is 11.6 Å². The van der Waals surface area contributed by atoms with Crippen molar-refractivity contribution in [1.29, 1.82) is 0 Å². The van der Waals surface area contributed by atoms with Crippen molar-refractivity contribution in [3.05, 3.63) is 122 Å². The first kappa shape index (κ1) is 22.2. The normalized spacial score (nSPS) is 14.9. The van der Waals surface area contributed by atoms with Gasteiger partial charge in [-0.15, -0.1) is 11.3 Å². The predicted molar refractivity (Wildman–Crippen MR) is 140 cm³/mol. The molecular weight excluding hydrogens is 472 g/mol. The number of ether oxygens (including phenoxy) is 1. The summed E-state index contributed by atoms with van der Waals surface area (Å²) in [6.45, 7) is 4.32. The zero-order chi connectivity index (χ0) is 24.8. The highest BCUT2D eigenvalue weighted by Gasteiger charge is 2.44. The number of hydrogen-bond acceptors (Lipinski definition) is 6. The Balaban J connectivity index is 1.49. The molecule has 178 valence electrons. The van der Waals surface area contributed by atoms with E-state index in [0.29, 0.717) is 34.0 Å². The molecule has 5 aromatic rings. The number of hydrogen-bond donors (Lipinski definition) is 0. The molecule has 7 heteroatoms. The molecule has 3 aromatic carbocycles. The Kier molecular flexibility index (Phi) is 5.42. The number of carbonyl (C=O) groups is 1. The number of rotatable bonds is 5. The Morgan fingerprint density at radius 3 is 2.58 bits per heavy atom. The summed E-state index contributed by atoms with van der Waals surface area (Å²) in [6, 6.07) is 20.4. The monoisotopic (exact) mass is 494 g/mol. The lowest BCUT2D eigenvalue weighted by Crippen LogP contribution is -2.29. The Morgan fingerprint density at radius 2 is 1.81 bits per heavy atom. The molecule has 0 radical (unpaired) electrons. The molecule has 6 nitrogen and oxygen atoms in total. The number of carbonyl (C=O) groups excluding carboxylic acids is 1. The standard InChI is InChI=1S/C29H22N2O4S/c1-17-13-22-23(14-18(17)2)35-27-24(26(22)32)25(31(28(27)33)29-30-11-12-36-29)20-9-6-10-21(15-20)34-16-19-7-4-3-5-8-19/h3-15,25H,16H2,1-2H3. The summed E-state index contributed by atoms with van der Waals surface area (Å²) in [4.78, 5) is 33.4. The van der Waals surface area contributed by atoms with Crippen LogP contribution in [-0.2, 0) is 6.61 Å². The van der Waals surface area contributed by atoms with Gasteiger partial charge in [0.15, 0.2) is 10.6 Å². The molecule has 6 rings (SSSR count). The van der Waals surface area contributed by atoms with Crippen molar-refractivity contribution < 1.29 is 13.9 Å². The third-order valence-corrected chi connectivity index (χ3v) is 7.30. The quantitative estimate of drug-likeness (QED) is 0.291. The maximum absolute atomic E-state index is 13.8. The van der Waals surface area contributed by atoms with Crippen LogP contribution in [0.3, 0.4) is 0 Å². The molecule has 1 atom stereocenters. The summed E-state index contributed by atoms with van der Waals surface area (Å²) in [5, 5.41) is 2.77. The lowest BCUT2D eigenvalue weighted by Gasteiger charge is -2.23. The van der Waals surface area contributed by atoms with Crippen molar-refractivity contribution in [2.24, 2.45) is 0 Å². The molecular formula is C29H22N2O4S. The fraction of sp³-hybridized carbons (Fsp3) is 0.138. The minimum Gasteiger partial charge on any atom is -0.489 e. The molecule has 1 unspecified atom stereocenters. The molecule has 0 saturated heterocycles. The third kappa shape index (κ3) is 3.69. The van der Waals surface area contributed by atoms with E-state index >= 15 is 0 Å². The van der Waals surface area contributed by atoms with Crippen LogP contribution in [0.5, 0.6) is 5.75 Å².